The van der Waals surface area contributed by atoms with E-state index >= 15 is 0 Å². The third-order valence-corrected chi connectivity index (χ3v) is 9.76. The zero-order chi connectivity index (χ0) is 24.0. The van der Waals surface area contributed by atoms with Crippen LogP contribution in [-0.2, 0) is 19.2 Å². The van der Waals surface area contributed by atoms with Gasteiger partial charge < -0.3 is 19.5 Å². The Balaban J connectivity index is 1.73. The van der Waals surface area contributed by atoms with Crippen LogP contribution in [0.1, 0.15) is 72.6 Å². The monoisotopic (exact) mass is 460 g/mol. The minimum Gasteiger partial charge on any atom is -0.452 e. The number of carbonyl (C=O) groups is 1. The first kappa shape index (κ1) is 24.2. The highest BCUT2D eigenvalue weighted by molar-refractivity contribution is 5.97. The predicted octanol–water partition coefficient (Wildman–Crippen LogP) is 4.49. The first-order valence-corrected chi connectivity index (χ1v) is 12.4. The molecule has 7 heteroatoms. The van der Waals surface area contributed by atoms with E-state index in [1.165, 1.54) is 19.6 Å². The van der Waals surface area contributed by atoms with E-state index in [-0.39, 0.29) is 23.4 Å². The van der Waals surface area contributed by atoms with E-state index in [4.69, 9.17) is 14.4 Å². The molecule has 0 spiro atoms. The number of ether oxygens (including phenoxy) is 1. The Labute approximate surface area is 197 Å². The molecule has 3 fully saturated rings. The fraction of sp³-hybridized carbons (Fsp3) is 0.808. The predicted molar refractivity (Wildman–Crippen MR) is 127 cm³/mol. The van der Waals surface area contributed by atoms with Crippen LogP contribution >= 0.6 is 0 Å². The molecular weight excluding hydrogens is 420 g/mol. The summed E-state index contributed by atoms with van der Waals surface area (Å²) in [6.07, 6.45) is 9.11. The van der Waals surface area contributed by atoms with Crippen molar-refractivity contribution in [1.82, 2.24) is 0 Å². The summed E-state index contributed by atoms with van der Waals surface area (Å²) in [5.74, 6) is 1.67. The Kier molecular flexibility index (Phi) is 6.40. The van der Waals surface area contributed by atoms with Crippen LogP contribution in [0.25, 0.3) is 0 Å². The molecule has 4 aliphatic rings. The molecule has 33 heavy (non-hydrogen) atoms. The van der Waals surface area contributed by atoms with Crippen LogP contribution in [0.3, 0.4) is 0 Å². The second-order valence-corrected chi connectivity index (χ2v) is 11.1. The van der Waals surface area contributed by atoms with Gasteiger partial charge in [0.15, 0.2) is 5.60 Å². The van der Waals surface area contributed by atoms with Crippen LogP contribution in [0.2, 0.25) is 0 Å². The van der Waals surface area contributed by atoms with Gasteiger partial charge in [0.1, 0.15) is 19.9 Å². The number of aliphatic hydroxyl groups is 1. The molecule has 7 nitrogen and oxygen atoms in total. The maximum Gasteiger partial charge on any atom is 0.303 e. The first-order valence-electron chi connectivity index (χ1n) is 12.4. The Morgan fingerprint density at radius 1 is 1.15 bits per heavy atom. The van der Waals surface area contributed by atoms with Crippen LogP contribution in [0, 0.1) is 34.5 Å². The van der Waals surface area contributed by atoms with E-state index in [1.807, 2.05) is 0 Å². The highest BCUT2D eigenvalue weighted by Crippen LogP contribution is 2.69. The molecule has 0 heterocycles. The molecule has 4 rings (SSSR count). The van der Waals surface area contributed by atoms with E-state index < -0.39 is 5.60 Å². The topological polar surface area (TPSA) is 89.7 Å². The van der Waals surface area contributed by atoms with Crippen molar-refractivity contribution >= 4 is 17.4 Å². The fourth-order valence-electron chi connectivity index (χ4n) is 8.47. The first-order chi connectivity index (χ1) is 15.7. The molecule has 1 N–H and O–H groups in total. The molecule has 0 saturated heterocycles. The highest BCUT2D eigenvalue weighted by atomic mass is 16.6. The minimum atomic E-state index is -0.912. The van der Waals surface area contributed by atoms with Crippen molar-refractivity contribution in [2.24, 2.45) is 44.8 Å². The van der Waals surface area contributed by atoms with Gasteiger partial charge in [-0.2, -0.15) is 0 Å². The number of nitrogens with zero attached hydrogens (tertiary/aromatic N) is 2. The van der Waals surface area contributed by atoms with E-state index in [0.29, 0.717) is 35.8 Å². The molecule has 0 aromatic rings. The zero-order valence-corrected chi connectivity index (χ0v) is 21.0. The van der Waals surface area contributed by atoms with Gasteiger partial charge in [-0.1, -0.05) is 36.7 Å². The van der Waals surface area contributed by atoms with Crippen molar-refractivity contribution in [2.45, 2.75) is 78.2 Å². The van der Waals surface area contributed by atoms with Crippen molar-refractivity contribution in [3.8, 4) is 0 Å². The van der Waals surface area contributed by atoms with Gasteiger partial charge in [0.05, 0.1) is 12.3 Å². The molecular formula is C26H40N2O5. The molecule has 0 aromatic heterocycles. The van der Waals surface area contributed by atoms with Gasteiger partial charge in [0.2, 0.25) is 0 Å². The molecule has 0 radical (unpaired) electrons. The molecule has 3 saturated carbocycles. The zero-order valence-electron chi connectivity index (χ0n) is 21.0. The number of aliphatic hydroxyl groups excluding tert-OH is 1. The molecule has 0 bridgehead atoms. The van der Waals surface area contributed by atoms with Gasteiger partial charge in [-0.15, -0.1) is 0 Å². The van der Waals surface area contributed by atoms with Crippen LogP contribution < -0.4 is 0 Å². The lowest BCUT2D eigenvalue weighted by atomic mass is 9.44. The number of carbonyl (C=O) groups excluding carboxylic acids is 1. The largest absolute Gasteiger partial charge is 0.452 e. The van der Waals surface area contributed by atoms with Crippen molar-refractivity contribution in [1.29, 1.82) is 0 Å². The number of fused-ring (bicyclic) bond motifs is 5. The van der Waals surface area contributed by atoms with Gasteiger partial charge in [-0.3, -0.25) is 4.79 Å². The Morgan fingerprint density at radius 3 is 2.52 bits per heavy atom. The number of oxime groups is 2. The van der Waals surface area contributed by atoms with Crippen LogP contribution in [-0.4, -0.2) is 48.9 Å². The molecule has 184 valence electrons. The number of esters is 1. The summed E-state index contributed by atoms with van der Waals surface area (Å²) in [6.45, 7) is 8.24. The molecule has 0 amide bonds. The summed E-state index contributed by atoms with van der Waals surface area (Å²) in [4.78, 5) is 22.4. The summed E-state index contributed by atoms with van der Waals surface area (Å²) in [5.41, 5.74) is 1.98. The van der Waals surface area contributed by atoms with E-state index in [9.17, 15) is 9.90 Å². The second kappa shape index (κ2) is 8.71. The summed E-state index contributed by atoms with van der Waals surface area (Å²) in [6, 6.07) is 0. The standard InChI is InChI=1S/C26H40N2O5/c1-16-13-19-20(24(3)10-7-18(27-31-5)14-22(16)24)8-11-25(4)21(19)9-12-26(25,33-17(2)30)23(15-29)28-32-6/h14,16,19-21,29H,7-13,15H2,1-6H3. The van der Waals surface area contributed by atoms with E-state index in [1.54, 1.807) is 7.11 Å². The molecule has 7 unspecified atom stereocenters. The number of rotatable bonds is 5. The second-order valence-electron chi connectivity index (χ2n) is 11.1. The molecule has 0 aliphatic heterocycles. The van der Waals surface area contributed by atoms with Crippen molar-refractivity contribution in [2.75, 3.05) is 20.8 Å². The fourth-order valence-corrected chi connectivity index (χ4v) is 8.47. The lowest BCUT2D eigenvalue weighted by Crippen LogP contribution is -2.60. The van der Waals surface area contributed by atoms with Gasteiger partial charge in [0.25, 0.3) is 0 Å². The Bertz CT molecular complexity index is 882. The highest BCUT2D eigenvalue weighted by Gasteiger charge is 2.68. The van der Waals surface area contributed by atoms with Crippen molar-refractivity contribution in [3.63, 3.8) is 0 Å². The third-order valence-electron chi connectivity index (χ3n) is 9.76. The normalized spacial score (nSPS) is 43.8. The minimum absolute atomic E-state index is 0.156. The number of hydrogen-bond donors (Lipinski definition) is 1. The SMILES string of the molecule is CON=C1C=C2C(C)CC3C(CCC4(C)C3CCC4(OC(C)=O)C(CO)=NOC)C2(C)CC1. The molecule has 0 aromatic carbocycles. The van der Waals surface area contributed by atoms with Gasteiger partial charge in [0, 0.05) is 12.3 Å². The van der Waals surface area contributed by atoms with E-state index in [0.717, 1.165) is 44.2 Å². The lowest BCUT2D eigenvalue weighted by molar-refractivity contribution is -0.168. The average molecular weight is 461 g/mol. The smallest absolute Gasteiger partial charge is 0.303 e. The molecule has 4 aliphatic carbocycles. The van der Waals surface area contributed by atoms with Crippen LogP contribution in [0.5, 0.6) is 0 Å². The maximum absolute atomic E-state index is 12.3. The van der Waals surface area contributed by atoms with Crippen molar-refractivity contribution in [3.05, 3.63) is 11.6 Å². The number of allylic oxidation sites excluding steroid dienone is 2. The average Bonchev–Trinajstić information content (AvgIpc) is 3.05. The Hall–Kier alpha value is -1.89. The summed E-state index contributed by atoms with van der Waals surface area (Å²) in [7, 11) is 3.09. The summed E-state index contributed by atoms with van der Waals surface area (Å²) in [5, 5.41) is 18.6. The number of hydrogen-bond acceptors (Lipinski definition) is 7. The van der Waals surface area contributed by atoms with Gasteiger partial charge in [-0.25, -0.2) is 0 Å². The summed E-state index contributed by atoms with van der Waals surface area (Å²) < 4.78 is 6.11. The maximum atomic E-state index is 12.3. The third kappa shape index (κ3) is 3.53. The molecule has 7 atom stereocenters. The summed E-state index contributed by atoms with van der Waals surface area (Å²) >= 11 is 0. The van der Waals surface area contributed by atoms with Gasteiger partial charge in [-0.05, 0) is 80.1 Å². The lowest BCUT2D eigenvalue weighted by Gasteiger charge is -2.60. The van der Waals surface area contributed by atoms with E-state index in [2.05, 4.69) is 37.2 Å². The van der Waals surface area contributed by atoms with Crippen LogP contribution in [0.4, 0.5) is 0 Å². The van der Waals surface area contributed by atoms with Crippen molar-refractivity contribution < 1.29 is 24.3 Å². The Morgan fingerprint density at radius 2 is 1.88 bits per heavy atom. The quantitative estimate of drug-likeness (QED) is 0.371. The van der Waals surface area contributed by atoms with Gasteiger partial charge >= 0.3 is 5.97 Å². The van der Waals surface area contributed by atoms with Crippen LogP contribution in [0.15, 0.2) is 22.0 Å².